The Labute approximate surface area is 345 Å². The molecule has 0 unspecified atom stereocenters. The second-order valence-electron chi connectivity index (χ2n) is 17.8. The third-order valence-corrected chi connectivity index (χ3v) is 9.57. The van der Waals surface area contributed by atoms with Crippen molar-refractivity contribution < 1.29 is 14.2 Å². The zero-order chi connectivity index (χ0) is 41.7. The minimum absolute atomic E-state index is 0.335. The number of rotatable bonds is 6. The van der Waals surface area contributed by atoms with Crippen molar-refractivity contribution in [3.05, 3.63) is 125 Å². The number of aromatic nitrogens is 4. The zero-order valence-electron chi connectivity index (χ0n) is 35.1. The maximum atomic E-state index is 10.6. The molecule has 296 valence electrons. The molecule has 8 bridgehead atoms. The van der Waals surface area contributed by atoms with Gasteiger partial charge in [0.2, 0.25) is 0 Å². The van der Waals surface area contributed by atoms with Crippen molar-refractivity contribution in [2.75, 3.05) is 0 Å². The third kappa shape index (κ3) is 8.56. The largest absolute Gasteiger partial charge is 0.488 e. The number of aromatic amines is 2. The number of fused-ring (bicyclic) bond motifs is 8. The highest BCUT2D eigenvalue weighted by Crippen LogP contribution is 2.38. The second-order valence-corrected chi connectivity index (χ2v) is 17.8. The van der Waals surface area contributed by atoms with Crippen LogP contribution in [-0.4, -0.2) is 36.7 Å². The van der Waals surface area contributed by atoms with Gasteiger partial charge in [-0.1, -0.05) is 36.4 Å². The van der Waals surface area contributed by atoms with Gasteiger partial charge in [-0.3, -0.25) is 0 Å². The van der Waals surface area contributed by atoms with Crippen molar-refractivity contribution in [1.82, 2.24) is 19.9 Å². The molecule has 0 saturated carbocycles. The molecule has 8 heteroatoms. The normalized spacial score (nSPS) is 12.7. The molecule has 0 amide bonds. The van der Waals surface area contributed by atoms with Gasteiger partial charge in [-0.15, -0.1) is 0 Å². The summed E-state index contributed by atoms with van der Waals surface area (Å²) in [6.07, 6.45) is 8.02. The average molecular weight is 780 g/mol. The first kappa shape index (κ1) is 39.0. The van der Waals surface area contributed by atoms with Crippen LogP contribution in [0.4, 0.5) is 0 Å². The van der Waals surface area contributed by atoms with Gasteiger partial charge in [0, 0.05) is 33.2 Å². The minimum Gasteiger partial charge on any atom is -0.488 e. The number of hydrogen-bond donors (Lipinski definition) is 2. The molecule has 0 radical (unpaired) electrons. The van der Waals surface area contributed by atoms with E-state index in [4.69, 9.17) is 24.2 Å². The summed E-state index contributed by atoms with van der Waals surface area (Å²) < 4.78 is 18.6. The Morgan fingerprint density at radius 1 is 0.407 bits per heavy atom. The van der Waals surface area contributed by atoms with Crippen LogP contribution in [0, 0.1) is 11.3 Å². The molecule has 0 saturated heterocycles. The standard InChI is InChI=1S/C51H49N5O3/c1-49(2,3)57-34-16-10-31(11-17-34)46-40-24-22-38(53-40)37(30-52)39-23-25-41(54-39)47(32-12-18-35(19-13-32)58-50(4,5)6)43-27-29-45(56-43)48(44-28-26-42(46)55-44)33-14-20-36(21-15-33)59-51(7,8)9/h10-29,53,56H,1-9H3. The fourth-order valence-corrected chi connectivity index (χ4v) is 7.36. The van der Waals surface area contributed by atoms with E-state index >= 15 is 0 Å². The minimum atomic E-state index is -0.337. The first-order chi connectivity index (χ1) is 28.0. The molecule has 8 rings (SSSR count). The molecule has 5 heterocycles. The summed E-state index contributed by atoms with van der Waals surface area (Å²) in [5.41, 5.74) is 11.1. The van der Waals surface area contributed by atoms with E-state index in [0.717, 1.165) is 84.3 Å². The molecule has 2 aliphatic rings. The first-order valence-corrected chi connectivity index (χ1v) is 19.9. The molecule has 2 N–H and O–H groups in total. The number of hydrogen-bond acceptors (Lipinski definition) is 6. The molecule has 0 aliphatic carbocycles. The van der Waals surface area contributed by atoms with E-state index in [2.05, 4.69) is 76.7 Å². The average Bonchev–Trinajstić information content (AvgIpc) is 4.00. The molecule has 3 aromatic carbocycles. The Balaban J connectivity index is 1.44. The molecule has 2 aliphatic heterocycles. The maximum Gasteiger partial charge on any atom is 0.120 e. The van der Waals surface area contributed by atoms with Gasteiger partial charge in [0.25, 0.3) is 0 Å². The van der Waals surface area contributed by atoms with E-state index in [1.54, 1.807) is 0 Å². The molecular formula is C51H49N5O3. The highest BCUT2D eigenvalue weighted by molar-refractivity contribution is 5.98. The highest BCUT2D eigenvalue weighted by Gasteiger charge is 2.20. The van der Waals surface area contributed by atoms with E-state index < -0.39 is 0 Å². The highest BCUT2D eigenvalue weighted by atomic mass is 16.5. The van der Waals surface area contributed by atoms with Gasteiger partial charge < -0.3 is 24.2 Å². The van der Waals surface area contributed by atoms with Crippen LogP contribution in [0.1, 0.15) is 90.7 Å². The van der Waals surface area contributed by atoms with Crippen molar-refractivity contribution in [2.24, 2.45) is 0 Å². The summed E-state index contributed by atoms with van der Waals surface area (Å²) in [7, 11) is 0. The number of nitriles is 1. The predicted molar refractivity (Wildman–Crippen MR) is 241 cm³/mol. The van der Waals surface area contributed by atoms with E-state index in [-0.39, 0.29) is 16.8 Å². The van der Waals surface area contributed by atoms with Crippen LogP contribution >= 0.6 is 0 Å². The van der Waals surface area contributed by atoms with Gasteiger partial charge >= 0.3 is 0 Å². The molecule has 8 nitrogen and oxygen atoms in total. The number of H-pyrrole nitrogens is 2. The Hall–Kier alpha value is -6.85. The van der Waals surface area contributed by atoms with Crippen LogP contribution in [0.15, 0.2) is 97.1 Å². The van der Waals surface area contributed by atoms with Crippen LogP contribution in [0.25, 0.3) is 79.8 Å². The SMILES string of the molecule is CC(C)(C)Oc1ccc(-c2c3nc(c(-c4ccc(OC(C)(C)C)cc4)c4ccc([nH]4)c(-c4ccc(OC(C)(C)C)cc4)c4nc(c(C#N)c5ccc2[nH]5)C=C4)C=C3)cc1. The number of nitrogens with one attached hydrogen (secondary N) is 2. The summed E-state index contributed by atoms with van der Waals surface area (Å²) in [5, 5.41) is 10.6. The lowest BCUT2D eigenvalue weighted by atomic mass is 10.0. The van der Waals surface area contributed by atoms with Gasteiger partial charge in [0.15, 0.2) is 0 Å². The summed E-state index contributed by atoms with van der Waals surface area (Å²) in [5.74, 6) is 2.34. The van der Waals surface area contributed by atoms with Crippen molar-refractivity contribution >= 4 is 46.4 Å². The summed E-state index contributed by atoms with van der Waals surface area (Å²) in [6, 6.07) is 34.9. The van der Waals surface area contributed by atoms with Crippen molar-refractivity contribution in [3.63, 3.8) is 0 Å². The van der Waals surface area contributed by atoms with Crippen LogP contribution < -0.4 is 14.2 Å². The van der Waals surface area contributed by atoms with Crippen molar-refractivity contribution in [3.8, 4) is 56.7 Å². The Morgan fingerprint density at radius 3 is 1.02 bits per heavy atom. The molecule has 6 aromatic rings. The monoisotopic (exact) mass is 779 g/mol. The fraction of sp³-hybridized carbons (Fsp3) is 0.235. The van der Waals surface area contributed by atoms with Gasteiger partial charge in [-0.25, -0.2) is 9.97 Å². The lowest BCUT2D eigenvalue weighted by Crippen LogP contribution is -2.22. The van der Waals surface area contributed by atoms with Crippen LogP contribution in [0.2, 0.25) is 0 Å². The number of nitrogens with zero attached hydrogens (tertiary/aromatic N) is 3. The van der Waals surface area contributed by atoms with E-state index in [0.29, 0.717) is 16.8 Å². The Bertz CT molecular complexity index is 2770. The van der Waals surface area contributed by atoms with Crippen LogP contribution in [0.5, 0.6) is 17.2 Å². The topological polar surface area (TPSA) is 109 Å². The molecule has 3 aromatic heterocycles. The molecule has 0 atom stereocenters. The quantitative estimate of drug-likeness (QED) is 0.174. The smallest absolute Gasteiger partial charge is 0.120 e. The first-order valence-electron chi connectivity index (χ1n) is 19.9. The summed E-state index contributed by atoms with van der Waals surface area (Å²) in [6.45, 7) is 18.3. The van der Waals surface area contributed by atoms with Gasteiger partial charge in [0.1, 0.15) is 45.7 Å². The second kappa shape index (κ2) is 14.8. The van der Waals surface area contributed by atoms with Gasteiger partial charge in [-0.05, 0) is 164 Å². The molecule has 0 fully saturated rings. The fourth-order valence-electron chi connectivity index (χ4n) is 7.36. The predicted octanol–water partition coefficient (Wildman–Crippen LogP) is 13.1. The maximum absolute atomic E-state index is 10.6. The Morgan fingerprint density at radius 2 is 0.695 bits per heavy atom. The number of ether oxygens (including phenoxy) is 3. The zero-order valence-corrected chi connectivity index (χ0v) is 35.1. The Kier molecular flexibility index (Phi) is 9.80. The van der Waals surface area contributed by atoms with Crippen molar-refractivity contribution in [2.45, 2.75) is 79.1 Å². The lowest BCUT2D eigenvalue weighted by Gasteiger charge is -2.21. The van der Waals surface area contributed by atoms with Gasteiger partial charge in [0.05, 0.1) is 28.3 Å². The lowest BCUT2D eigenvalue weighted by molar-refractivity contribution is 0.130. The molecular weight excluding hydrogens is 731 g/mol. The van der Waals surface area contributed by atoms with Crippen molar-refractivity contribution in [1.29, 1.82) is 5.26 Å². The van der Waals surface area contributed by atoms with E-state index in [1.807, 2.05) is 123 Å². The summed E-state index contributed by atoms with van der Waals surface area (Å²) in [4.78, 5) is 17.8. The van der Waals surface area contributed by atoms with E-state index in [9.17, 15) is 5.26 Å². The van der Waals surface area contributed by atoms with Crippen LogP contribution in [0.3, 0.4) is 0 Å². The molecule has 0 spiro atoms. The van der Waals surface area contributed by atoms with E-state index in [1.165, 1.54) is 0 Å². The molecule has 59 heavy (non-hydrogen) atoms. The van der Waals surface area contributed by atoms with Crippen LogP contribution in [-0.2, 0) is 0 Å². The third-order valence-electron chi connectivity index (χ3n) is 9.57. The number of benzene rings is 3. The summed E-state index contributed by atoms with van der Waals surface area (Å²) >= 11 is 0. The van der Waals surface area contributed by atoms with Gasteiger partial charge in [-0.2, -0.15) is 5.26 Å².